The van der Waals surface area contributed by atoms with Gasteiger partial charge < -0.3 is 9.84 Å². The average Bonchev–Trinajstić information content (AvgIpc) is 2.53. The zero-order valence-electron chi connectivity index (χ0n) is 13.8. The summed E-state index contributed by atoms with van der Waals surface area (Å²) in [5.41, 5.74) is 2.42. The molecule has 0 saturated heterocycles. The Morgan fingerprint density at radius 3 is 2.82 bits per heavy atom. The van der Waals surface area contributed by atoms with Crippen molar-refractivity contribution < 1.29 is 14.6 Å². The first kappa shape index (κ1) is 15.5. The minimum atomic E-state index is -0.361. The number of ether oxygens (including phenoxy) is 1. The van der Waals surface area contributed by atoms with Crippen molar-refractivity contribution in [3.8, 4) is 5.75 Å². The molecule has 1 N–H and O–H groups in total. The lowest BCUT2D eigenvalue weighted by Gasteiger charge is -2.50. The van der Waals surface area contributed by atoms with E-state index in [2.05, 4.69) is 19.1 Å². The summed E-state index contributed by atoms with van der Waals surface area (Å²) >= 11 is 0. The Kier molecular flexibility index (Phi) is 4.02. The van der Waals surface area contributed by atoms with Crippen molar-refractivity contribution in [2.24, 2.45) is 17.3 Å². The predicted octanol–water partition coefficient (Wildman–Crippen LogP) is 3.34. The number of methoxy groups -OCH3 is 1. The Morgan fingerprint density at radius 2 is 2.18 bits per heavy atom. The molecule has 120 valence electrons. The van der Waals surface area contributed by atoms with E-state index in [-0.39, 0.29) is 23.7 Å². The molecule has 0 radical (unpaired) electrons. The highest BCUT2D eigenvalue weighted by atomic mass is 16.5. The van der Waals surface area contributed by atoms with E-state index in [1.54, 1.807) is 14.0 Å². The van der Waals surface area contributed by atoms with E-state index in [1.165, 1.54) is 11.1 Å². The molecule has 3 nitrogen and oxygen atoms in total. The number of aliphatic hydroxyl groups excluding tert-OH is 1. The second kappa shape index (κ2) is 5.69. The summed E-state index contributed by atoms with van der Waals surface area (Å²) in [7, 11) is 1.70. The van der Waals surface area contributed by atoms with Crippen LogP contribution in [-0.2, 0) is 11.2 Å². The average molecular weight is 302 g/mol. The number of Topliss-reactive ketones (excluding diaryl/α,β-unsaturated/α-hetero) is 1. The predicted molar refractivity (Wildman–Crippen MR) is 86.1 cm³/mol. The molecule has 3 heteroatoms. The normalized spacial score (nSPS) is 33.7. The zero-order valence-corrected chi connectivity index (χ0v) is 13.8. The highest BCUT2D eigenvalue weighted by Gasteiger charge is 2.50. The number of aryl methyl sites for hydroxylation is 1. The van der Waals surface area contributed by atoms with E-state index in [1.807, 2.05) is 6.07 Å². The van der Waals surface area contributed by atoms with Gasteiger partial charge in [0.05, 0.1) is 7.11 Å². The van der Waals surface area contributed by atoms with E-state index in [0.29, 0.717) is 11.8 Å². The van der Waals surface area contributed by atoms with Crippen LogP contribution in [0.1, 0.15) is 50.2 Å². The Balaban J connectivity index is 1.96. The molecule has 1 saturated carbocycles. The van der Waals surface area contributed by atoms with Gasteiger partial charge in [0.25, 0.3) is 0 Å². The molecule has 0 bridgehead atoms. The van der Waals surface area contributed by atoms with Gasteiger partial charge in [0, 0.05) is 12.0 Å². The van der Waals surface area contributed by atoms with Crippen molar-refractivity contribution in [2.75, 3.05) is 13.7 Å². The van der Waals surface area contributed by atoms with Gasteiger partial charge in [-0.2, -0.15) is 0 Å². The number of rotatable bonds is 3. The number of carbonyl (C=O) groups excluding carboxylic acids is 1. The summed E-state index contributed by atoms with van der Waals surface area (Å²) < 4.78 is 5.34. The number of fused-ring (bicyclic) bond motifs is 3. The number of carbonyl (C=O) groups is 1. The van der Waals surface area contributed by atoms with Crippen molar-refractivity contribution in [3.63, 3.8) is 0 Å². The van der Waals surface area contributed by atoms with Gasteiger partial charge in [-0.1, -0.05) is 13.0 Å². The SMILES string of the molecule is COc1ccc2c(c1)CC[C@@H]1[C@@H]2CC[C@](C)(C(C)=O)[C@H]1CO. The Hall–Kier alpha value is -1.35. The molecule has 0 spiro atoms. The molecule has 4 atom stereocenters. The van der Waals surface area contributed by atoms with Crippen LogP contribution in [0.5, 0.6) is 5.75 Å². The monoisotopic (exact) mass is 302 g/mol. The smallest absolute Gasteiger partial charge is 0.136 e. The largest absolute Gasteiger partial charge is 0.497 e. The van der Waals surface area contributed by atoms with E-state index in [4.69, 9.17) is 4.74 Å². The fourth-order valence-electron chi connectivity index (χ4n) is 4.78. The summed E-state index contributed by atoms with van der Waals surface area (Å²) in [6.45, 7) is 3.85. The topological polar surface area (TPSA) is 46.5 Å². The molecule has 2 aliphatic carbocycles. The Morgan fingerprint density at radius 1 is 1.41 bits per heavy atom. The summed E-state index contributed by atoms with van der Waals surface area (Å²) in [5, 5.41) is 9.97. The molecule has 1 aromatic rings. The van der Waals surface area contributed by atoms with Crippen LogP contribution >= 0.6 is 0 Å². The third kappa shape index (κ3) is 2.26. The van der Waals surface area contributed by atoms with E-state index in [9.17, 15) is 9.90 Å². The molecule has 0 amide bonds. The van der Waals surface area contributed by atoms with Crippen molar-refractivity contribution in [2.45, 2.75) is 45.4 Å². The highest BCUT2D eigenvalue weighted by molar-refractivity contribution is 5.82. The first-order chi connectivity index (χ1) is 10.5. The fraction of sp³-hybridized carbons (Fsp3) is 0.632. The van der Waals surface area contributed by atoms with Crippen LogP contribution in [0.25, 0.3) is 0 Å². The molecule has 3 rings (SSSR count). The molecule has 0 aliphatic heterocycles. The van der Waals surface area contributed by atoms with Gasteiger partial charge in [0.2, 0.25) is 0 Å². The lowest BCUT2D eigenvalue weighted by Crippen LogP contribution is -2.47. The molecule has 0 aromatic heterocycles. The molecule has 22 heavy (non-hydrogen) atoms. The lowest BCUT2D eigenvalue weighted by atomic mass is 9.54. The number of aliphatic hydroxyl groups is 1. The van der Waals surface area contributed by atoms with Crippen LogP contribution in [-0.4, -0.2) is 24.6 Å². The quantitative estimate of drug-likeness (QED) is 0.931. The van der Waals surface area contributed by atoms with E-state index < -0.39 is 0 Å². The standard InChI is InChI=1S/C19H26O3/c1-12(21)19(2)9-8-16-15-7-5-14(22-3)10-13(15)4-6-17(16)18(19)11-20/h5,7,10,16-18,20H,4,6,8-9,11H2,1-3H3/t16-,17-,18+,19-/m1/s1. The fourth-order valence-corrected chi connectivity index (χ4v) is 4.78. The summed E-state index contributed by atoms with van der Waals surface area (Å²) in [4.78, 5) is 12.2. The van der Waals surface area contributed by atoms with Crippen LogP contribution in [0.4, 0.5) is 0 Å². The van der Waals surface area contributed by atoms with Gasteiger partial charge in [0.15, 0.2) is 0 Å². The van der Waals surface area contributed by atoms with Gasteiger partial charge in [0.1, 0.15) is 11.5 Å². The van der Waals surface area contributed by atoms with Gasteiger partial charge >= 0.3 is 0 Å². The Labute approximate surface area is 132 Å². The van der Waals surface area contributed by atoms with E-state index in [0.717, 1.165) is 31.4 Å². The Bertz CT molecular complexity index is 580. The van der Waals surface area contributed by atoms with Crippen LogP contribution in [0.15, 0.2) is 18.2 Å². The molecule has 0 unspecified atom stereocenters. The van der Waals surface area contributed by atoms with Gasteiger partial charge in [-0.15, -0.1) is 0 Å². The van der Waals surface area contributed by atoms with Gasteiger partial charge in [-0.05, 0) is 73.6 Å². The third-order valence-corrected chi connectivity index (χ3v) is 6.32. The lowest BCUT2D eigenvalue weighted by molar-refractivity contribution is -0.135. The molecule has 2 aliphatic rings. The number of hydrogen-bond acceptors (Lipinski definition) is 3. The number of ketones is 1. The maximum absolute atomic E-state index is 12.2. The third-order valence-electron chi connectivity index (χ3n) is 6.32. The van der Waals surface area contributed by atoms with Gasteiger partial charge in [-0.25, -0.2) is 0 Å². The van der Waals surface area contributed by atoms with Crippen LogP contribution in [0, 0.1) is 17.3 Å². The second-order valence-corrected chi connectivity index (χ2v) is 7.18. The summed E-state index contributed by atoms with van der Waals surface area (Å²) in [5.74, 6) is 2.11. The number of benzene rings is 1. The highest BCUT2D eigenvalue weighted by Crippen LogP contribution is 2.55. The molecule has 1 aromatic carbocycles. The second-order valence-electron chi connectivity index (χ2n) is 7.18. The van der Waals surface area contributed by atoms with Crippen molar-refractivity contribution in [3.05, 3.63) is 29.3 Å². The first-order valence-electron chi connectivity index (χ1n) is 8.30. The maximum atomic E-state index is 12.2. The molecule has 0 heterocycles. The minimum Gasteiger partial charge on any atom is -0.497 e. The van der Waals surface area contributed by atoms with Crippen LogP contribution in [0.3, 0.4) is 0 Å². The first-order valence-corrected chi connectivity index (χ1v) is 8.30. The molecular weight excluding hydrogens is 276 g/mol. The van der Waals surface area contributed by atoms with Crippen molar-refractivity contribution in [1.29, 1.82) is 0 Å². The van der Waals surface area contributed by atoms with Crippen molar-refractivity contribution in [1.82, 2.24) is 0 Å². The summed E-state index contributed by atoms with van der Waals surface area (Å²) in [6, 6.07) is 6.38. The molecular formula is C19H26O3. The van der Waals surface area contributed by atoms with Crippen LogP contribution < -0.4 is 4.74 Å². The zero-order chi connectivity index (χ0) is 15.9. The van der Waals surface area contributed by atoms with Crippen molar-refractivity contribution >= 4 is 5.78 Å². The van der Waals surface area contributed by atoms with Crippen LogP contribution in [0.2, 0.25) is 0 Å². The van der Waals surface area contributed by atoms with E-state index >= 15 is 0 Å². The summed E-state index contributed by atoms with van der Waals surface area (Å²) in [6.07, 6.45) is 3.98. The minimum absolute atomic E-state index is 0.0824. The number of hydrogen-bond donors (Lipinski definition) is 1. The maximum Gasteiger partial charge on any atom is 0.136 e. The molecule has 1 fully saturated rings. The van der Waals surface area contributed by atoms with Gasteiger partial charge in [-0.3, -0.25) is 4.79 Å².